The van der Waals surface area contributed by atoms with Crippen LogP contribution in [0.3, 0.4) is 0 Å². The molecule has 2 aliphatic rings. The normalized spacial score (nSPS) is 17.4. The number of carbonyl (C=O) groups is 1. The molecule has 1 fully saturated rings. The van der Waals surface area contributed by atoms with Gasteiger partial charge in [-0.15, -0.1) is 0 Å². The molecule has 0 radical (unpaired) electrons. The summed E-state index contributed by atoms with van der Waals surface area (Å²) in [4.78, 5) is 33.7. The third-order valence-electron chi connectivity index (χ3n) is 7.13. The highest BCUT2D eigenvalue weighted by atomic mass is 16.5. The van der Waals surface area contributed by atoms with Gasteiger partial charge in [-0.25, -0.2) is 15.0 Å². The fourth-order valence-corrected chi connectivity index (χ4v) is 5.10. The first kappa shape index (κ1) is 23.2. The number of nitrogens with one attached hydrogen (secondary N) is 1. The van der Waals surface area contributed by atoms with Gasteiger partial charge in [0.15, 0.2) is 0 Å². The van der Waals surface area contributed by atoms with E-state index in [4.69, 9.17) is 4.74 Å². The lowest BCUT2D eigenvalue weighted by atomic mass is 9.97. The van der Waals surface area contributed by atoms with Crippen LogP contribution in [0.2, 0.25) is 0 Å². The zero-order chi connectivity index (χ0) is 25.2. The van der Waals surface area contributed by atoms with E-state index in [9.17, 15) is 4.79 Å². The van der Waals surface area contributed by atoms with Crippen molar-refractivity contribution in [3.63, 3.8) is 0 Å². The minimum atomic E-state index is 0.178. The Hall–Kier alpha value is -4.20. The molecule has 1 saturated heterocycles. The number of allylic oxidation sites excluding steroid dienone is 1. The lowest BCUT2D eigenvalue weighted by Gasteiger charge is -2.35. The molecule has 2 aromatic carbocycles. The van der Waals surface area contributed by atoms with Crippen molar-refractivity contribution in [2.45, 2.75) is 26.2 Å². The van der Waals surface area contributed by atoms with E-state index in [0.717, 1.165) is 76.8 Å². The van der Waals surface area contributed by atoms with E-state index in [-0.39, 0.29) is 5.91 Å². The number of H-pyrrole nitrogens is 1. The van der Waals surface area contributed by atoms with Gasteiger partial charge in [0.1, 0.15) is 11.6 Å². The van der Waals surface area contributed by atoms with Crippen molar-refractivity contribution < 1.29 is 9.53 Å². The first-order valence-electron chi connectivity index (χ1n) is 12.8. The van der Waals surface area contributed by atoms with Crippen LogP contribution < -0.4 is 9.64 Å². The smallest absolute Gasteiger partial charge is 0.226 e. The van der Waals surface area contributed by atoms with Gasteiger partial charge in [-0.3, -0.25) is 4.79 Å². The Morgan fingerprint density at radius 3 is 2.65 bits per heavy atom. The van der Waals surface area contributed by atoms with E-state index in [0.29, 0.717) is 26.1 Å². The zero-order valence-electron chi connectivity index (χ0n) is 21.0. The Kier molecular flexibility index (Phi) is 6.30. The molecular weight excluding hydrogens is 464 g/mol. The Bertz CT molecular complexity index is 1450. The second-order valence-electron chi connectivity index (χ2n) is 9.64. The number of hydrogen-bond donors (Lipinski definition) is 1. The molecule has 0 aliphatic carbocycles. The maximum Gasteiger partial charge on any atom is 0.226 e. The van der Waals surface area contributed by atoms with E-state index in [2.05, 4.69) is 67.3 Å². The van der Waals surface area contributed by atoms with Crippen LogP contribution in [-0.4, -0.2) is 63.5 Å². The molecule has 188 valence electrons. The lowest BCUT2D eigenvalue weighted by molar-refractivity contribution is -0.130. The van der Waals surface area contributed by atoms with Crippen LogP contribution in [0.4, 0.5) is 5.95 Å². The number of aromatic nitrogens is 4. The van der Waals surface area contributed by atoms with Gasteiger partial charge >= 0.3 is 0 Å². The summed E-state index contributed by atoms with van der Waals surface area (Å²) in [7, 11) is 0. The first-order valence-corrected chi connectivity index (χ1v) is 12.8. The summed E-state index contributed by atoms with van der Waals surface area (Å²) < 4.78 is 6.11. The van der Waals surface area contributed by atoms with Crippen molar-refractivity contribution in [2.24, 2.45) is 0 Å². The van der Waals surface area contributed by atoms with Gasteiger partial charge in [-0.1, -0.05) is 23.8 Å². The number of carbonyl (C=O) groups excluding carboxylic acids is 1. The fourth-order valence-electron chi connectivity index (χ4n) is 5.10. The molecule has 2 aromatic heterocycles. The Morgan fingerprint density at radius 2 is 1.81 bits per heavy atom. The number of imidazole rings is 1. The summed E-state index contributed by atoms with van der Waals surface area (Å²) >= 11 is 0. The van der Waals surface area contributed by atoms with Crippen molar-refractivity contribution in [3.05, 3.63) is 77.9 Å². The number of anilines is 1. The monoisotopic (exact) mass is 494 g/mol. The van der Waals surface area contributed by atoms with Crippen LogP contribution in [0.5, 0.6) is 5.75 Å². The SMILES string of the molecule is Cc1nc2ccc(-c3ccc4c(c3)C/C=C(/CC(=O)N3CCN(c5ncccn5)CC3)CCO4)cc2[nH]1. The first-order chi connectivity index (χ1) is 18.1. The van der Waals surface area contributed by atoms with Crippen molar-refractivity contribution in [1.29, 1.82) is 0 Å². The van der Waals surface area contributed by atoms with Gasteiger partial charge in [-0.05, 0) is 60.4 Å². The third kappa shape index (κ3) is 5.05. The second-order valence-corrected chi connectivity index (χ2v) is 9.64. The number of fused-ring (bicyclic) bond motifs is 2. The summed E-state index contributed by atoms with van der Waals surface area (Å²) in [5.41, 5.74) is 6.58. The summed E-state index contributed by atoms with van der Waals surface area (Å²) in [6.45, 7) is 5.41. The summed E-state index contributed by atoms with van der Waals surface area (Å²) in [5.74, 6) is 2.74. The molecule has 0 spiro atoms. The van der Waals surface area contributed by atoms with E-state index >= 15 is 0 Å². The highest BCUT2D eigenvalue weighted by molar-refractivity contribution is 5.82. The maximum atomic E-state index is 13.1. The maximum absolute atomic E-state index is 13.1. The summed E-state index contributed by atoms with van der Waals surface area (Å²) in [6.07, 6.45) is 7.68. The topological polar surface area (TPSA) is 87.2 Å². The van der Waals surface area contributed by atoms with E-state index in [1.165, 1.54) is 0 Å². The van der Waals surface area contributed by atoms with Crippen LogP contribution in [0.25, 0.3) is 22.2 Å². The predicted octanol–water partition coefficient (Wildman–Crippen LogP) is 4.32. The molecule has 2 aliphatic heterocycles. The standard InChI is InChI=1S/C29H30N6O2/c1-20-32-25-7-5-23(19-26(25)33-20)22-6-8-27-24(18-22)4-3-21(9-16-37-27)17-28(36)34-12-14-35(15-13-34)29-30-10-2-11-31-29/h2-3,5-8,10-11,18-19H,4,9,12-17H2,1H3,(H,32,33)/b21-3+. The zero-order valence-corrected chi connectivity index (χ0v) is 21.0. The highest BCUT2D eigenvalue weighted by Crippen LogP contribution is 2.31. The number of aromatic amines is 1. The Morgan fingerprint density at radius 1 is 1.03 bits per heavy atom. The number of hydrogen-bond acceptors (Lipinski definition) is 6. The molecule has 6 rings (SSSR count). The van der Waals surface area contributed by atoms with Gasteiger partial charge in [0.05, 0.1) is 17.6 Å². The van der Waals surface area contributed by atoms with E-state index < -0.39 is 0 Å². The number of piperazine rings is 1. The number of rotatable bonds is 4. The van der Waals surface area contributed by atoms with Gasteiger partial charge in [0.25, 0.3) is 0 Å². The fraction of sp³-hybridized carbons (Fsp3) is 0.310. The molecule has 0 atom stereocenters. The van der Waals surface area contributed by atoms with Gasteiger partial charge < -0.3 is 19.5 Å². The minimum Gasteiger partial charge on any atom is -0.493 e. The van der Waals surface area contributed by atoms with E-state index in [1.54, 1.807) is 12.4 Å². The van der Waals surface area contributed by atoms with E-state index in [1.807, 2.05) is 17.9 Å². The number of aryl methyl sites for hydroxylation is 1. The van der Waals surface area contributed by atoms with Crippen molar-refractivity contribution in [1.82, 2.24) is 24.8 Å². The number of benzene rings is 2. The third-order valence-corrected chi connectivity index (χ3v) is 7.13. The minimum absolute atomic E-state index is 0.178. The van der Waals surface area contributed by atoms with Crippen LogP contribution in [-0.2, 0) is 11.2 Å². The molecule has 0 bridgehead atoms. The average Bonchev–Trinajstić information content (AvgIpc) is 3.30. The number of ether oxygens (including phenoxy) is 1. The lowest BCUT2D eigenvalue weighted by Crippen LogP contribution is -2.49. The Labute approximate surface area is 216 Å². The molecule has 0 unspecified atom stereocenters. The largest absolute Gasteiger partial charge is 0.493 e. The predicted molar refractivity (Wildman–Crippen MR) is 144 cm³/mol. The molecule has 1 N–H and O–H groups in total. The van der Waals surface area contributed by atoms with Crippen LogP contribution in [0, 0.1) is 6.92 Å². The molecule has 8 heteroatoms. The second kappa shape index (κ2) is 10.0. The molecule has 0 saturated carbocycles. The number of amides is 1. The highest BCUT2D eigenvalue weighted by Gasteiger charge is 2.23. The van der Waals surface area contributed by atoms with Crippen LogP contribution in [0.1, 0.15) is 24.2 Å². The van der Waals surface area contributed by atoms with Gasteiger partial charge in [-0.2, -0.15) is 0 Å². The summed E-state index contributed by atoms with van der Waals surface area (Å²) in [5, 5.41) is 0. The molecule has 4 heterocycles. The Balaban J connectivity index is 1.12. The van der Waals surface area contributed by atoms with Gasteiger partial charge in [0, 0.05) is 51.4 Å². The average molecular weight is 495 g/mol. The van der Waals surface area contributed by atoms with Crippen molar-refractivity contribution >= 4 is 22.9 Å². The molecule has 4 aromatic rings. The van der Waals surface area contributed by atoms with Crippen LogP contribution >= 0.6 is 0 Å². The van der Waals surface area contributed by atoms with Gasteiger partial charge in [0.2, 0.25) is 11.9 Å². The summed E-state index contributed by atoms with van der Waals surface area (Å²) in [6, 6.07) is 14.5. The quantitative estimate of drug-likeness (QED) is 0.425. The molecule has 37 heavy (non-hydrogen) atoms. The molecule has 8 nitrogen and oxygen atoms in total. The van der Waals surface area contributed by atoms with Crippen LogP contribution in [0.15, 0.2) is 66.5 Å². The number of nitrogens with zero attached hydrogens (tertiary/aromatic N) is 5. The molecular formula is C29H30N6O2. The van der Waals surface area contributed by atoms with Crippen molar-refractivity contribution in [2.75, 3.05) is 37.7 Å². The molecule has 1 amide bonds. The van der Waals surface area contributed by atoms with Crippen molar-refractivity contribution in [3.8, 4) is 16.9 Å².